The Morgan fingerprint density at radius 3 is 1.43 bits per heavy atom. The van der Waals surface area contributed by atoms with Gasteiger partial charge >= 0.3 is 12.2 Å². The van der Waals surface area contributed by atoms with Gasteiger partial charge in [0.2, 0.25) is 0 Å². The van der Waals surface area contributed by atoms with Crippen molar-refractivity contribution in [2.24, 2.45) is 0 Å². The summed E-state index contributed by atoms with van der Waals surface area (Å²) in [5.74, 6) is -1.11. The molecule has 0 unspecified atom stereocenters. The van der Waals surface area contributed by atoms with Crippen molar-refractivity contribution in [3.05, 3.63) is 35.4 Å². The first-order valence-corrected chi connectivity index (χ1v) is 9.64. The Hall–Kier alpha value is -3.10. The molecule has 9 heteroatoms. The summed E-state index contributed by atoms with van der Waals surface area (Å²) in [6, 6.07) is 5.34. The molecule has 1 aliphatic rings. The normalized spacial score (nSPS) is 14.2. The van der Waals surface area contributed by atoms with Gasteiger partial charge in [0, 0.05) is 24.2 Å². The molecule has 0 atom stereocenters. The summed E-state index contributed by atoms with van der Waals surface area (Å²) in [6.45, 7) is 9.73. The molecule has 0 radical (unpaired) electrons. The van der Waals surface area contributed by atoms with Crippen molar-refractivity contribution in [3.63, 3.8) is 0 Å². The summed E-state index contributed by atoms with van der Waals surface area (Å²) in [5, 5.41) is 19.4. The maximum atomic E-state index is 13.0. The van der Waals surface area contributed by atoms with Crippen LogP contribution >= 0.6 is 0 Å². The molecule has 0 fully saturated rings. The van der Waals surface area contributed by atoms with Crippen LogP contribution in [0.15, 0.2) is 24.3 Å². The van der Waals surface area contributed by atoms with E-state index < -0.39 is 41.1 Å². The molecule has 2 rings (SSSR count). The van der Waals surface area contributed by atoms with Gasteiger partial charge < -0.3 is 20.0 Å². The van der Waals surface area contributed by atoms with E-state index >= 15 is 0 Å². The quantitative estimate of drug-likeness (QED) is 0.708. The van der Waals surface area contributed by atoms with Crippen LogP contribution < -0.4 is 0 Å². The smallest absolute Gasteiger partial charge is 0.407 e. The molecule has 1 aliphatic heterocycles. The van der Waals surface area contributed by atoms with Crippen molar-refractivity contribution in [1.82, 2.24) is 14.7 Å². The molecule has 0 aromatic heterocycles. The molecule has 164 valence electrons. The Morgan fingerprint density at radius 2 is 1.17 bits per heavy atom. The summed E-state index contributed by atoms with van der Waals surface area (Å²) >= 11 is 0. The van der Waals surface area contributed by atoms with Gasteiger partial charge in [-0.05, 0) is 53.7 Å². The Bertz CT molecular complexity index is 799. The van der Waals surface area contributed by atoms with Crippen LogP contribution in [0.2, 0.25) is 0 Å². The standard InChI is InChI=1S/C21H29N3O6/c1-20(2,3)22(18(27)28)11-13(12-23(19(29)30)21(4,5)6)24-16(25)14-9-7-8-10-15(14)17(24)26/h7-10,13H,11-12H2,1-6H3,(H,27,28)(H,29,30). The van der Waals surface area contributed by atoms with Gasteiger partial charge in [0.1, 0.15) is 0 Å². The number of carbonyl (C=O) groups is 4. The van der Waals surface area contributed by atoms with Crippen LogP contribution in [-0.4, -0.2) is 79.1 Å². The van der Waals surface area contributed by atoms with Crippen molar-refractivity contribution < 1.29 is 29.4 Å². The average Bonchev–Trinajstić information content (AvgIpc) is 2.84. The van der Waals surface area contributed by atoms with Crippen LogP contribution in [0.3, 0.4) is 0 Å². The first-order valence-electron chi connectivity index (χ1n) is 9.64. The highest BCUT2D eigenvalue weighted by molar-refractivity contribution is 6.21. The van der Waals surface area contributed by atoms with E-state index in [2.05, 4.69) is 0 Å². The summed E-state index contributed by atoms with van der Waals surface area (Å²) in [7, 11) is 0. The second kappa shape index (κ2) is 7.97. The molecular weight excluding hydrogens is 390 g/mol. The summed E-state index contributed by atoms with van der Waals surface area (Å²) in [6.07, 6.45) is -2.44. The highest BCUT2D eigenvalue weighted by Gasteiger charge is 2.44. The number of fused-ring (bicyclic) bond motifs is 1. The van der Waals surface area contributed by atoms with Crippen molar-refractivity contribution >= 4 is 24.0 Å². The number of carbonyl (C=O) groups excluding carboxylic acids is 2. The molecule has 0 saturated heterocycles. The third kappa shape index (κ3) is 4.55. The number of nitrogens with zero attached hydrogens (tertiary/aromatic N) is 3. The van der Waals surface area contributed by atoms with Crippen molar-refractivity contribution in [2.45, 2.75) is 58.7 Å². The number of carboxylic acid groups (broad SMARTS) is 2. The number of hydrogen-bond donors (Lipinski definition) is 2. The highest BCUT2D eigenvalue weighted by atomic mass is 16.4. The summed E-state index contributed by atoms with van der Waals surface area (Å²) in [5.41, 5.74) is -1.19. The molecule has 1 heterocycles. The molecule has 0 aliphatic carbocycles. The zero-order valence-electron chi connectivity index (χ0n) is 18.2. The van der Waals surface area contributed by atoms with Crippen molar-refractivity contribution in [2.75, 3.05) is 13.1 Å². The number of rotatable bonds is 5. The zero-order chi connectivity index (χ0) is 23.0. The van der Waals surface area contributed by atoms with Gasteiger partial charge in [0.05, 0.1) is 17.2 Å². The Morgan fingerprint density at radius 1 is 0.833 bits per heavy atom. The molecule has 9 nitrogen and oxygen atoms in total. The molecular formula is C21H29N3O6. The molecule has 2 N–H and O–H groups in total. The number of benzene rings is 1. The van der Waals surface area contributed by atoms with E-state index in [0.29, 0.717) is 0 Å². The van der Waals surface area contributed by atoms with Gasteiger partial charge in [-0.3, -0.25) is 14.5 Å². The lowest BCUT2D eigenvalue weighted by atomic mass is 10.0. The van der Waals surface area contributed by atoms with Gasteiger partial charge in [0.25, 0.3) is 11.8 Å². The fraction of sp³-hybridized carbons (Fsp3) is 0.524. The lowest BCUT2D eigenvalue weighted by molar-refractivity contribution is 0.0313. The van der Waals surface area contributed by atoms with Gasteiger partial charge in [-0.25, -0.2) is 9.59 Å². The van der Waals surface area contributed by atoms with Crippen LogP contribution in [0, 0.1) is 0 Å². The van der Waals surface area contributed by atoms with E-state index in [9.17, 15) is 29.4 Å². The number of hydrogen-bond acceptors (Lipinski definition) is 4. The second-order valence-electron chi connectivity index (χ2n) is 9.31. The van der Waals surface area contributed by atoms with Gasteiger partial charge in [-0.1, -0.05) is 12.1 Å². The second-order valence-corrected chi connectivity index (χ2v) is 9.31. The van der Waals surface area contributed by atoms with Crippen LogP contribution in [0.4, 0.5) is 9.59 Å². The maximum Gasteiger partial charge on any atom is 0.407 e. The van der Waals surface area contributed by atoms with E-state index in [-0.39, 0.29) is 24.2 Å². The third-order valence-corrected chi connectivity index (χ3v) is 5.06. The average molecular weight is 419 g/mol. The minimum Gasteiger partial charge on any atom is -0.465 e. The van der Waals surface area contributed by atoms with E-state index in [4.69, 9.17) is 0 Å². The molecule has 0 spiro atoms. The zero-order valence-corrected chi connectivity index (χ0v) is 18.2. The summed E-state index contributed by atoms with van der Waals surface area (Å²) < 4.78 is 0. The predicted octanol–water partition coefficient (Wildman–Crippen LogP) is 3.21. The van der Waals surface area contributed by atoms with Crippen LogP contribution in [0.5, 0.6) is 0 Å². The first-order chi connectivity index (χ1) is 13.7. The SMILES string of the molecule is CC(C)(C)N(CC(CN(C(=O)O)C(C)(C)C)N1C(=O)c2ccccc2C1=O)C(=O)O. The number of amides is 4. The predicted molar refractivity (Wildman–Crippen MR) is 110 cm³/mol. The van der Waals surface area contributed by atoms with Crippen LogP contribution in [0.1, 0.15) is 62.3 Å². The third-order valence-electron chi connectivity index (χ3n) is 5.06. The first kappa shape index (κ1) is 23.2. The number of imide groups is 1. The molecule has 0 bridgehead atoms. The van der Waals surface area contributed by atoms with Gasteiger partial charge in [-0.2, -0.15) is 0 Å². The molecule has 4 amide bonds. The van der Waals surface area contributed by atoms with Gasteiger partial charge in [0.15, 0.2) is 0 Å². The maximum absolute atomic E-state index is 13.0. The highest BCUT2D eigenvalue weighted by Crippen LogP contribution is 2.28. The Labute approximate surface area is 175 Å². The molecule has 0 saturated carbocycles. The fourth-order valence-corrected chi connectivity index (χ4v) is 3.46. The fourth-order valence-electron chi connectivity index (χ4n) is 3.46. The minimum atomic E-state index is -1.22. The van der Waals surface area contributed by atoms with E-state index in [1.165, 1.54) is 12.1 Å². The summed E-state index contributed by atoms with van der Waals surface area (Å²) in [4.78, 5) is 53.1. The van der Waals surface area contributed by atoms with Crippen LogP contribution in [-0.2, 0) is 0 Å². The Balaban J connectivity index is 2.51. The topological polar surface area (TPSA) is 118 Å². The lowest BCUT2D eigenvalue weighted by Crippen LogP contribution is -2.59. The monoisotopic (exact) mass is 419 g/mol. The minimum absolute atomic E-state index is 0.218. The van der Waals surface area contributed by atoms with E-state index in [1.807, 2.05) is 0 Å². The largest absolute Gasteiger partial charge is 0.465 e. The van der Waals surface area contributed by atoms with Crippen molar-refractivity contribution in [1.29, 1.82) is 0 Å². The van der Waals surface area contributed by atoms with Crippen molar-refractivity contribution in [3.8, 4) is 0 Å². The van der Waals surface area contributed by atoms with Gasteiger partial charge in [-0.15, -0.1) is 0 Å². The molecule has 1 aromatic carbocycles. The Kier molecular flexibility index (Phi) is 6.15. The molecule has 1 aromatic rings. The van der Waals surface area contributed by atoms with Crippen LogP contribution in [0.25, 0.3) is 0 Å². The van der Waals surface area contributed by atoms with E-state index in [0.717, 1.165) is 14.7 Å². The molecule has 30 heavy (non-hydrogen) atoms. The lowest BCUT2D eigenvalue weighted by Gasteiger charge is -2.41. The van der Waals surface area contributed by atoms with E-state index in [1.54, 1.807) is 53.7 Å².